The van der Waals surface area contributed by atoms with Crippen LogP contribution in [-0.2, 0) is 11.2 Å². The molecule has 2 nitrogen and oxygen atoms in total. The summed E-state index contributed by atoms with van der Waals surface area (Å²) in [6, 6.07) is 13.2. The molecule has 1 N–H and O–H groups in total. The minimum Gasteiger partial charge on any atom is -0.481 e. The van der Waals surface area contributed by atoms with E-state index in [1.807, 2.05) is 36.4 Å². The van der Waals surface area contributed by atoms with Crippen molar-refractivity contribution in [3.8, 4) is 11.1 Å². The molecule has 19 heavy (non-hydrogen) atoms. The summed E-state index contributed by atoms with van der Waals surface area (Å²) < 4.78 is 0. The minimum atomic E-state index is -0.790. The number of carboxylic acid groups (broad SMARTS) is 1. The van der Waals surface area contributed by atoms with Gasteiger partial charge in [-0.3, -0.25) is 4.79 Å². The molecule has 0 fully saturated rings. The van der Waals surface area contributed by atoms with E-state index in [4.69, 9.17) is 28.3 Å². The van der Waals surface area contributed by atoms with Gasteiger partial charge in [0.2, 0.25) is 0 Å². The largest absolute Gasteiger partial charge is 0.481 e. The molecule has 4 heteroatoms. The van der Waals surface area contributed by atoms with Crippen molar-refractivity contribution in [1.29, 1.82) is 0 Å². The van der Waals surface area contributed by atoms with E-state index in [1.54, 1.807) is 6.07 Å². The smallest absolute Gasteiger partial charge is 0.303 e. The maximum absolute atomic E-state index is 10.5. The van der Waals surface area contributed by atoms with Gasteiger partial charge in [0.1, 0.15) is 0 Å². The highest BCUT2D eigenvalue weighted by Crippen LogP contribution is 2.33. The predicted octanol–water partition coefficient (Wildman–Crippen LogP) is 4.68. The van der Waals surface area contributed by atoms with Gasteiger partial charge in [-0.1, -0.05) is 59.6 Å². The van der Waals surface area contributed by atoms with Crippen molar-refractivity contribution in [2.45, 2.75) is 12.8 Å². The first kappa shape index (κ1) is 13.9. The Kier molecular flexibility index (Phi) is 4.46. The maximum atomic E-state index is 10.5. The molecular weight excluding hydrogens is 283 g/mol. The number of benzene rings is 2. The first-order valence-electron chi connectivity index (χ1n) is 5.83. The lowest BCUT2D eigenvalue weighted by Gasteiger charge is -2.07. The van der Waals surface area contributed by atoms with E-state index in [2.05, 4.69) is 0 Å². The number of carbonyl (C=O) groups is 1. The average molecular weight is 295 g/mol. The first-order valence-corrected chi connectivity index (χ1v) is 6.58. The second kappa shape index (κ2) is 6.09. The summed E-state index contributed by atoms with van der Waals surface area (Å²) in [4.78, 5) is 10.5. The molecule has 0 unspecified atom stereocenters. The second-order valence-corrected chi connectivity index (χ2v) is 4.98. The zero-order valence-electron chi connectivity index (χ0n) is 10.1. The van der Waals surface area contributed by atoms with Crippen molar-refractivity contribution in [3.63, 3.8) is 0 Å². The Bertz CT molecular complexity index is 592. The third kappa shape index (κ3) is 3.49. The number of aliphatic carboxylic acids is 1. The van der Waals surface area contributed by atoms with Crippen molar-refractivity contribution in [1.82, 2.24) is 0 Å². The van der Waals surface area contributed by atoms with E-state index >= 15 is 0 Å². The topological polar surface area (TPSA) is 37.3 Å². The number of carboxylic acids is 1. The molecule has 0 aliphatic carbocycles. The van der Waals surface area contributed by atoms with Crippen molar-refractivity contribution >= 4 is 29.2 Å². The Balaban J connectivity index is 2.22. The Labute approximate surface area is 121 Å². The molecule has 98 valence electrons. The van der Waals surface area contributed by atoms with Crippen molar-refractivity contribution in [2.75, 3.05) is 0 Å². The molecule has 0 spiro atoms. The van der Waals surface area contributed by atoms with E-state index in [0.29, 0.717) is 16.5 Å². The van der Waals surface area contributed by atoms with Crippen LogP contribution in [0.2, 0.25) is 10.0 Å². The third-order valence-corrected chi connectivity index (χ3v) is 3.66. The number of rotatable bonds is 4. The van der Waals surface area contributed by atoms with Crippen molar-refractivity contribution in [3.05, 3.63) is 58.1 Å². The molecule has 2 aromatic rings. The molecule has 0 amide bonds. The summed E-state index contributed by atoms with van der Waals surface area (Å²) in [5.74, 6) is -0.790. The van der Waals surface area contributed by atoms with Gasteiger partial charge < -0.3 is 5.11 Å². The van der Waals surface area contributed by atoms with Crippen LogP contribution in [0.15, 0.2) is 42.5 Å². The molecule has 0 heterocycles. The molecule has 0 saturated heterocycles. The molecule has 2 rings (SSSR count). The average Bonchev–Trinajstić information content (AvgIpc) is 2.40. The van der Waals surface area contributed by atoms with Gasteiger partial charge in [0.25, 0.3) is 0 Å². The van der Waals surface area contributed by atoms with Gasteiger partial charge in [-0.2, -0.15) is 0 Å². The normalized spacial score (nSPS) is 10.4. The van der Waals surface area contributed by atoms with Gasteiger partial charge in [0.05, 0.1) is 10.0 Å². The Hall–Kier alpha value is -1.51. The summed E-state index contributed by atoms with van der Waals surface area (Å²) in [7, 11) is 0. The molecule has 2 aromatic carbocycles. The number of hydrogen-bond donors (Lipinski definition) is 1. The third-order valence-electron chi connectivity index (χ3n) is 2.84. The fourth-order valence-corrected chi connectivity index (χ4v) is 2.24. The molecular formula is C15H12Cl2O2. The monoisotopic (exact) mass is 294 g/mol. The highest BCUT2D eigenvalue weighted by molar-refractivity contribution is 6.43. The maximum Gasteiger partial charge on any atom is 0.303 e. The SMILES string of the molecule is O=C(O)CCc1ccc(-c2cccc(Cl)c2Cl)cc1. The Morgan fingerprint density at radius 1 is 1.05 bits per heavy atom. The van der Waals surface area contributed by atoms with Crippen LogP contribution in [-0.4, -0.2) is 11.1 Å². The molecule has 0 saturated carbocycles. The Morgan fingerprint density at radius 2 is 1.74 bits per heavy atom. The van der Waals surface area contributed by atoms with Crippen molar-refractivity contribution in [2.24, 2.45) is 0 Å². The minimum absolute atomic E-state index is 0.136. The number of halogens is 2. The van der Waals surface area contributed by atoms with Gasteiger partial charge in [-0.15, -0.1) is 0 Å². The standard InChI is InChI=1S/C15H12Cl2O2/c16-13-3-1-2-12(15(13)17)11-7-4-10(5-8-11)6-9-14(18)19/h1-5,7-8H,6,9H2,(H,18,19). The van der Waals surface area contributed by atoms with Crippen LogP contribution in [0.3, 0.4) is 0 Å². The van der Waals surface area contributed by atoms with E-state index in [9.17, 15) is 4.79 Å². The summed E-state index contributed by atoms with van der Waals surface area (Å²) in [6.45, 7) is 0. The zero-order chi connectivity index (χ0) is 13.8. The molecule has 0 aliphatic heterocycles. The zero-order valence-corrected chi connectivity index (χ0v) is 11.6. The fourth-order valence-electron chi connectivity index (χ4n) is 1.83. The Morgan fingerprint density at radius 3 is 2.37 bits per heavy atom. The van der Waals surface area contributed by atoms with E-state index in [1.165, 1.54) is 0 Å². The molecule has 0 bridgehead atoms. The van der Waals surface area contributed by atoms with Gasteiger partial charge >= 0.3 is 5.97 Å². The van der Waals surface area contributed by atoms with Gasteiger partial charge in [-0.05, 0) is 23.6 Å². The molecule has 0 aromatic heterocycles. The number of aryl methyl sites for hydroxylation is 1. The summed E-state index contributed by atoms with van der Waals surface area (Å²) in [5, 5.41) is 9.69. The van der Waals surface area contributed by atoms with E-state index < -0.39 is 5.97 Å². The lowest BCUT2D eigenvalue weighted by Crippen LogP contribution is -1.97. The summed E-state index contributed by atoms with van der Waals surface area (Å²) >= 11 is 12.1. The van der Waals surface area contributed by atoms with E-state index in [-0.39, 0.29) is 6.42 Å². The van der Waals surface area contributed by atoms with E-state index in [0.717, 1.165) is 16.7 Å². The van der Waals surface area contributed by atoms with Crippen LogP contribution >= 0.6 is 23.2 Å². The van der Waals surface area contributed by atoms with Crippen LogP contribution in [0.5, 0.6) is 0 Å². The molecule has 0 radical (unpaired) electrons. The fraction of sp³-hybridized carbons (Fsp3) is 0.133. The van der Waals surface area contributed by atoms with Crippen LogP contribution in [0.1, 0.15) is 12.0 Å². The highest BCUT2D eigenvalue weighted by Gasteiger charge is 2.07. The van der Waals surface area contributed by atoms with Gasteiger partial charge in [0.15, 0.2) is 0 Å². The number of hydrogen-bond acceptors (Lipinski definition) is 1. The molecule has 0 aliphatic rings. The van der Waals surface area contributed by atoms with Crippen LogP contribution in [0.25, 0.3) is 11.1 Å². The van der Waals surface area contributed by atoms with Crippen molar-refractivity contribution < 1.29 is 9.90 Å². The van der Waals surface area contributed by atoms with Crippen LogP contribution in [0.4, 0.5) is 0 Å². The lowest BCUT2D eigenvalue weighted by molar-refractivity contribution is -0.136. The predicted molar refractivity (Wildman–Crippen MR) is 77.9 cm³/mol. The second-order valence-electron chi connectivity index (χ2n) is 4.19. The lowest BCUT2D eigenvalue weighted by atomic mass is 10.0. The first-order chi connectivity index (χ1) is 9.08. The highest BCUT2D eigenvalue weighted by atomic mass is 35.5. The van der Waals surface area contributed by atoms with Gasteiger partial charge in [0, 0.05) is 12.0 Å². The van der Waals surface area contributed by atoms with Crippen LogP contribution < -0.4 is 0 Å². The molecule has 0 atom stereocenters. The van der Waals surface area contributed by atoms with Crippen LogP contribution in [0, 0.1) is 0 Å². The summed E-state index contributed by atoms with van der Waals surface area (Å²) in [5.41, 5.74) is 2.83. The summed E-state index contributed by atoms with van der Waals surface area (Å²) in [6.07, 6.45) is 0.663. The van der Waals surface area contributed by atoms with Gasteiger partial charge in [-0.25, -0.2) is 0 Å². The quantitative estimate of drug-likeness (QED) is 0.889.